The lowest BCUT2D eigenvalue weighted by Crippen LogP contribution is -2.18. The minimum Gasteiger partial charge on any atom is -0.372 e. The zero-order valence-electron chi connectivity index (χ0n) is 9.46. The molecule has 3 N–H and O–H groups in total. The van der Waals surface area contributed by atoms with Gasteiger partial charge in [0, 0.05) is 6.04 Å². The summed E-state index contributed by atoms with van der Waals surface area (Å²) in [5, 5.41) is 0. The lowest BCUT2D eigenvalue weighted by Gasteiger charge is -2.13. The molecule has 2 atom stereocenters. The number of rotatable bonds is 2. The van der Waals surface area contributed by atoms with Gasteiger partial charge in [-0.05, 0) is 36.6 Å². The number of hydrogen-bond donors (Lipinski definition) is 2. The van der Waals surface area contributed by atoms with Gasteiger partial charge in [-0.15, -0.1) is 0 Å². The van der Waals surface area contributed by atoms with Crippen molar-refractivity contribution in [2.75, 3.05) is 6.61 Å². The van der Waals surface area contributed by atoms with Gasteiger partial charge in [-0.3, -0.25) is 4.55 Å². The molecular formula is C11H15NO4S. The van der Waals surface area contributed by atoms with E-state index in [0.29, 0.717) is 13.0 Å². The van der Waals surface area contributed by atoms with E-state index < -0.39 is 10.1 Å². The van der Waals surface area contributed by atoms with E-state index in [-0.39, 0.29) is 17.0 Å². The third-order valence-corrected chi connectivity index (χ3v) is 3.77. The molecule has 1 aliphatic heterocycles. The molecule has 0 aliphatic carbocycles. The Hall–Kier alpha value is -0.950. The van der Waals surface area contributed by atoms with E-state index in [1.165, 1.54) is 12.1 Å². The fraction of sp³-hybridized carbons (Fsp3) is 0.455. The maximum Gasteiger partial charge on any atom is 0.294 e. The smallest absolute Gasteiger partial charge is 0.294 e. The molecule has 5 nitrogen and oxygen atoms in total. The van der Waals surface area contributed by atoms with Crippen LogP contribution in [0.25, 0.3) is 0 Å². The van der Waals surface area contributed by atoms with Gasteiger partial charge in [0.2, 0.25) is 0 Å². The highest BCUT2D eigenvalue weighted by atomic mass is 32.2. The van der Waals surface area contributed by atoms with E-state index in [4.69, 9.17) is 15.0 Å². The van der Waals surface area contributed by atoms with Gasteiger partial charge in [0.1, 0.15) is 0 Å². The first-order valence-corrected chi connectivity index (χ1v) is 6.77. The minimum absolute atomic E-state index is 0.0196. The predicted molar refractivity (Wildman–Crippen MR) is 62.3 cm³/mol. The van der Waals surface area contributed by atoms with Gasteiger partial charge in [0.05, 0.1) is 17.6 Å². The molecule has 1 fully saturated rings. The van der Waals surface area contributed by atoms with Crippen molar-refractivity contribution >= 4 is 10.1 Å². The van der Waals surface area contributed by atoms with Crippen LogP contribution in [0.2, 0.25) is 0 Å². The molecule has 1 aliphatic rings. The second-order valence-electron chi connectivity index (χ2n) is 4.31. The number of nitrogens with two attached hydrogens (primary N) is 1. The van der Waals surface area contributed by atoms with Crippen LogP contribution < -0.4 is 5.73 Å². The average molecular weight is 257 g/mol. The first-order chi connectivity index (χ1) is 7.88. The molecule has 0 aromatic heterocycles. The van der Waals surface area contributed by atoms with Crippen molar-refractivity contribution in [3.8, 4) is 0 Å². The van der Waals surface area contributed by atoms with E-state index in [1.807, 2.05) is 6.92 Å². The quantitative estimate of drug-likeness (QED) is 0.772. The highest BCUT2D eigenvalue weighted by molar-refractivity contribution is 7.85. The summed E-state index contributed by atoms with van der Waals surface area (Å²) in [5.74, 6) is 0. The van der Waals surface area contributed by atoms with Crippen molar-refractivity contribution in [3.63, 3.8) is 0 Å². The van der Waals surface area contributed by atoms with Crippen molar-refractivity contribution in [2.45, 2.75) is 30.4 Å². The molecule has 1 heterocycles. The summed E-state index contributed by atoms with van der Waals surface area (Å²) in [6.07, 6.45) is 0.474. The van der Waals surface area contributed by atoms with Crippen LogP contribution in [0.5, 0.6) is 0 Å². The van der Waals surface area contributed by atoms with Gasteiger partial charge in [-0.25, -0.2) is 0 Å². The van der Waals surface area contributed by atoms with E-state index >= 15 is 0 Å². The van der Waals surface area contributed by atoms with E-state index in [9.17, 15) is 8.42 Å². The molecule has 17 heavy (non-hydrogen) atoms. The molecule has 1 saturated heterocycles. The summed E-state index contributed by atoms with van der Waals surface area (Å²) in [6.45, 7) is 2.34. The maximum absolute atomic E-state index is 11.1. The van der Waals surface area contributed by atoms with Gasteiger partial charge >= 0.3 is 0 Å². The SMILES string of the molecule is Cc1ccc(S(=O)(=O)O)cc1C1CC(N)CO1. The largest absolute Gasteiger partial charge is 0.372 e. The summed E-state index contributed by atoms with van der Waals surface area (Å²) in [4.78, 5) is -0.109. The Morgan fingerprint density at radius 3 is 2.71 bits per heavy atom. The van der Waals surface area contributed by atoms with E-state index in [2.05, 4.69) is 0 Å². The van der Waals surface area contributed by atoms with Crippen molar-refractivity contribution < 1.29 is 17.7 Å². The fourth-order valence-electron chi connectivity index (χ4n) is 1.99. The van der Waals surface area contributed by atoms with Crippen LogP contribution in [-0.4, -0.2) is 25.6 Å². The van der Waals surface area contributed by atoms with Crippen molar-refractivity contribution in [2.24, 2.45) is 5.73 Å². The van der Waals surface area contributed by atoms with Crippen LogP contribution in [0.3, 0.4) is 0 Å². The molecule has 2 unspecified atom stereocenters. The van der Waals surface area contributed by atoms with Crippen LogP contribution in [0, 0.1) is 6.92 Å². The van der Waals surface area contributed by atoms with Crippen LogP contribution >= 0.6 is 0 Å². The van der Waals surface area contributed by atoms with E-state index in [0.717, 1.165) is 11.1 Å². The summed E-state index contributed by atoms with van der Waals surface area (Å²) >= 11 is 0. The molecule has 6 heteroatoms. The Balaban J connectivity index is 2.40. The van der Waals surface area contributed by atoms with Crippen LogP contribution in [0.15, 0.2) is 23.1 Å². The van der Waals surface area contributed by atoms with Gasteiger partial charge in [0.25, 0.3) is 10.1 Å². The number of benzene rings is 1. The van der Waals surface area contributed by atoms with Crippen LogP contribution in [0.4, 0.5) is 0 Å². The predicted octanol–water partition coefficient (Wildman–Crippen LogP) is 1.03. The lowest BCUT2D eigenvalue weighted by atomic mass is 10.0. The van der Waals surface area contributed by atoms with Crippen LogP contribution in [0.1, 0.15) is 23.7 Å². The van der Waals surface area contributed by atoms with Gasteiger partial charge in [0.15, 0.2) is 0 Å². The molecule has 0 spiro atoms. The van der Waals surface area contributed by atoms with Crippen molar-refractivity contribution in [1.29, 1.82) is 0 Å². The van der Waals surface area contributed by atoms with Gasteiger partial charge in [-0.1, -0.05) is 6.07 Å². The molecule has 2 rings (SSSR count). The number of aryl methyl sites for hydroxylation is 1. The zero-order valence-corrected chi connectivity index (χ0v) is 10.3. The van der Waals surface area contributed by atoms with Crippen molar-refractivity contribution in [3.05, 3.63) is 29.3 Å². The first-order valence-electron chi connectivity index (χ1n) is 5.33. The fourth-order valence-corrected chi connectivity index (χ4v) is 2.51. The number of ether oxygens (including phenoxy) is 1. The maximum atomic E-state index is 11.1. The van der Waals surface area contributed by atoms with E-state index in [1.54, 1.807) is 6.07 Å². The lowest BCUT2D eigenvalue weighted by molar-refractivity contribution is 0.110. The summed E-state index contributed by atoms with van der Waals surface area (Å²) in [5.41, 5.74) is 7.44. The Morgan fingerprint density at radius 2 is 2.18 bits per heavy atom. The summed E-state index contributed by atoms with van der Waals surface area (Å²) in [7, 11) is -4.17. The first kappa shape index (κ1) is 12.5. The van der Waals surface area contributed by atoms with Crippen molar-refractivity contribution in [1.82, 2.24) is 0 Å². The molecule has 0 amide bonds. The topological polar surface area (TPSA) is 89.6 Å². The monoisotopic (exact) mass is 257 g/mol. The molecule has 1 aromatic rings. The van der Waals surface area contributed by atoms with Gasteiger partial charge in [-0.2, -0.15) is 8.42 Å². The summed E-state index contributed by atoms with van der Waals surface area (Å²) < 4.78 is 36.6. The third kappa shape index (κ3) is 2.66. The van der Waals surface area contributed by atoms with Crippen LogP contribution in [-0.2, 0) is 14.9 Å². The molecule has 0 bridgehead atoms. The minimum atomic E-state index is -4.17. The second kappa shape index (κ2) is 4.38. The Morgan fingerprint density at radius 1 is 1.47 bits per heavy atom. The highest BCUT2D eigenvalue weighted by Crippen LogP contribution is 2.31. The molecule has 0 radical (unpaired) electrons. The molecule has 94 valence electrons. The second-order valence-corrected chi connectivity index (χ2v) is 5.73. The Bertz CT molecular complexity index is 526. The summed E-state index contributed by atoms with van der Waals surface area (Å²) in [6, 6.07) is 4.47. The third-order valence-electron chi connectivity index (χ3n) is 2.92. The molecular weight excluding hydrogens is 242 g/mol. The molecule has 0 saturated carbocycles. The Kier molecular flexibility index (Phi) is 3.22. The highest BCUT2D eigenvalue weighted by Gasteiger charge is 2.26. The average Bonchev–Trinajstić information content (AvgIpc) is 2.63. The molecule has 1 aromatic carbocycles. The zero-order chi connectivity index (χ0) is 12.6. The normalized spacial score (nSPS) is 25.1. The standard InChI is InChI=1S/C11H15NO4S/c1-7-2-3-9(17(13,14)15)5-10(7)11-4-8(12)6-16-11/h2-3,5,8,11H,4,6,12H2,1H3,(H,13,14,15). The number of hydrogen-bond acceptors (Lipinski definition) is 4. The Labute approximate surface area is 100 Å². The van der Waals surface area contributed by atoms with Gasteiger partial charge < -0.3 is 10.5 Å².